The molecule has 0 amide bonds. The lowest BCUT2D eigenvalue weighted by Gasteiger charge is -2.23. The molecule has 0 aromatic carbocycles. The summed E-state index contributed by atoms with van der Waals surface area (Å²) in [5.41, 5.74) is 0. The molecule has 1 unspecified atom stereocenters. The zero-order valence-corrected chi connectivity index (χ0v) is 12.8. The summed E-state index contributed by atoms with van der Waals surface area (Å²) >= 11 is 0. The molecule has 0 aromatic heterocycles. The van der Waals surface area contributed by atoms with Crippen molar-refractivity contribution in [2.75, 3.05) is 52.7 Å². The molecule has 2 N–H and O–H groups in total. The molecule has 0 aromatic rings. The van der Waals surface area contributed by atoms with Gasteiger partial charge in [0.15, 0.2) is 0 Å². The van der Waals surface area contributed by atoms with Crippen LogP contribution in [-0.4, -0.2) is 72.1 Å². The fourth-order valence-corrected chi connectivity index (χ4v) is 3.48. The normalized spacial score (nSPS) is 20.9. The van der Waals surface area contributed by atoms with Crippen molar-refractivity contribution in [3.8, 4) is 0 Å². The predicted molar refractivity (Wildman–Crippen MR) is 76.8 cm³/mol. The molecule has 0 saturated carbocycles. The van der Waals surface area contributed by atoms with E-state index < -0.39 is 10.0 Å². The summed E-state index contributed by atoms with van der Waals surface area (Å²) in [4.78, 5) is 2.05. The maximum atomic E-state index is 11.9. The van der Waals surface area contributed by atoms with Gasteiger partial charge >= 0.3 is 0 Å². The van der Waals surface area contributed by atoms with Crippen LogP contribution in [0, 0.1) is 0 Å². The van der Waals surface area contributed by atoms with Crippen LogP contribution in [0.2, 0.25) is 0 Å². The number of piperidine rings is 1. The second-order valence-electron chi connectivity index (χ2n) is 5.12. The summed E-state index contributed by atoms with van der Waals surface area (Å²) in [5, 5.41) is 3.26. The Morgan fingerprint density at radius 1 is 1.37 bits per heavy atom. The topological polar surface area (TPSA) is 70.7 Å². The van der Waals surface area contributed by atoms with E-state index in [1.54, 1.807) is 7.11 Å². The van der Waals surface area contributed by atoms with Gasteiger partial charge in [-0.05, 0) is 26.4 Å². The van der Waals surface area contributed by atoms with E-state index in [-0.39, 0.29) is 11.8 Å². The summed E-state index contributed by atoms with van der Waals surface area (Å²) in [7, 11) is 0.447. The Kier molecular flexibility index (Phi) is 7.86. The standard InChI is InChI=1S/C12H27N3O3S/c1-15(9-10-18-2)8-7-14-19(16,17)11-12-5-3-4-6-13-12/h12-14H,3-11H2,1-2H3. The molecule has 1 heterocycles. The highest BCUT2D eigenvalue weighted by atomic mass is 32.2. The van der Waals surface area contributed by atoms with Crippen molar-refractivity contribution < 1.29 is 13.2 Å². The quantitative estimate of drug-likeness (QED) is 0.607. The van der Waals surface area contributed by atoms with Gasteiger partial charge in [-0.3, -0.25) is 0 Å². The number of ether oxygens (including phenoxy) is 1. The van der Waals surface area contributed by atoms with Crippen LogP contribution in [0.5, 0.6) is 0 Å². The fourth-order valence-electron chi connectivity index (χ4n) is 2.14. The van der Waals surface area contributed by atoms with Gasteiger partial charge in [0.2, 0.25) is 10.0 Å². The van der Waals surface area contributed by atoms with Crippen LogP contribution in [-0.2, 0) is 14.8 Å². The Balaban J connectivity index is 2.19. The highest BCUT2D eigenvalue weighted by Gasteiger charge is 2.20. The molecule has 0 radical (unpaired) electrons. The van der Waals surface area contributed by atoms with E-state index in [0.717, 1.165) is 32.4 Å². The van der Waals surface area contributed by atoms with Gasteiger partial charge < -0.3 is 15.0 Å². The first-order chi connectivity index (χ1) is 9.03. The van der Waals surface area contributed by atoms with E-state index in [4.69, 9.17) is 4.74 Å². The maximum absolute atomic E-state index is 11.9. The molecule has 1 aliphatic heterocycles. The Morgan fingerprint density at radius 2 is 2.16 bits per heavy atom. The number of rotatable bonds is 9. The van der Waals surface area contributed by atoms with Gasteiger partial charge in [-0.25, -0.2) is 13.1 Å². The Morgan fingerprint density at radius 3 is 2.79 bits per heavy atom. The SMILES string of the molecule is COCCN(C)CCNS(=O)(=O)CC1CCCCN1. The lowest BCUT2D eigenvalue weighted by atomic mass is 10.1. The lowest BCUT2D eigenvalue weighted by Crippen LogP contribution is -2.44. The number of hydrogen-bond donors (Lipinski definition) is 2. The van der Waals surface area contributed by atoms with E-state index in [0.29, 0.717) is 19.7 Å². The first kappa shape index (κ1) is 16.8. The Hall–Kier alpha value is -0.210. The zero-order valence-electron chi connectivity index (χ0n) is 12.0. The third kappa shape index (κ3) is 7.84. The fraction of sp³-hybridized carbons (Fsp3) is 1.00. The molecule has 114 valence electrons. The van der Waals surface area contributed by atoms with E-state index in [9.17, 15) is 8.42 Å². The van der Waals surface area contributed by atoms with Crippen molar-refractivity contribution in [3.63, 3.8) is 0 Å². The highest BCUT2D eigenvalue weighted by molar-refractivity contribution is 7.89. The lowest BCUT2D eigenvalue weighted by molar-refractivity contribution is 0.162. The summed E-state index contributed by atoms with van der Waals surface area (Å²) in [6, 6.07) is 0.109. The zero-order chi connectivity index (χ0) is 14.1. The van der Waals surface area contributed by atoms with Gasteiger partial charge in [0.1, 0.15) is 0 Å². The molecule has 7 heteroatoms. The van der Waals surface area contributed by atoms with E-state index in [1.807, 2.05) is 11.9 Å². The molecular formula is C12H27N3O3S. The van der Waals surface area contributed by atoms with Crippen LogP contribution in [0.3, 0.4) is 0 Å². The number of hydrogen-bond acceptors (Lipinski definition) is 5. The number of methoxy groups -OCH3 is 1. The molecule has 1 rings (SSSR count). The number of sulfonamides is 1. The van der Waals surface area contributed by atoms with Crippen LogP contribution < -0.4 is 10.0 Å². The molecular weight excluding hydrogens is 266 g/mol. The van der Waals surface area contributed by atoms with Crippen LogP contribution in [0.1, 0.15) is 19.3 Å². The second-order valence-corrected chi connectivity index (χ2v) is 6.97. The van der Waals surface area contributed by atoms with Gasteiger partial charge in [-0.2, -0.15) is 0 Å². The van der Waals surface area contributed by atoms with Crippen molar-refractivity contribution in [2.45, 2.75) is 25.3 Å². The average Bonchev–Trinajstić information content (AvgIpc) is 2.36. The largest absolute Gasteiger partial charge is 0.383 e. The third-order valence-corrected chi connectivity index (χ3v) is 4.81. The van der Waals surface area contributed by atoms with Crippen molar-refractivity contribution in [1.82, 2.24) is 14.9 Å². The van der Waals surface area contributed by atoms with Gasteiger partial charge in [-0.1, -0.05) is 6.42 Å². The molecule has 1 saturated heterocycles. The molecule has 0 bridgehead atoms. The van der Waals surface area contributed by atoms with Crippen molar-refractivity contribution >= 4 is 10.0 Å². The minimum atomic E-state index is -3.17. The van der Waals surface area contributed by atoms with Gasteiger partial charge in [0.05, 0.1) is 12.4 Å². The van der Waals surface area contributed by atoms with E-state index >= 15 is 0 Å². The third-order valence-electron chi connectivity index (χ3n) is 3.33. The first-order valence-corrected chi connectivity index (χ1v) is 8.57. The maximum Gasteiger partial charge on any atom is 0.213 e. The summed E-state index contributed by atoms with van der Waals surface area (Å²) < 4.78 is 31.4. The monoisotopic (exact) mass is 293 g/mol. The van der Waals surface area contributed by atoms with E-state index in [1.165, 1.54) is 0 Å². The first-order valence-electron chi connectivity index (χ1n) is 6.92. The van der Waals surface area contributed by atoms with Crippen LogP contribution in [0.4, 0.5) is 0 Å². The van der Waals surface area contributed by atoms with Crippen molar-refractivity contribution in [1.29, 1.82) is 0 Å². The minimum absolute atomic E-state index is 0.109. The number of likely N-dealkylation sites (N-methyl/N-ethyl adjacent to an activating group) is 1. The molecule has 0 spiro atoms. The average molecular weight is 293 g/mol. The Bertz CT molecular complexity index is 329. The van der Waals surface area contributed by atoms with Gasteiger partial charge in [-0.15, -0.1) is 0 Å². The molecule has 19 heavy (non-hydrogen) atoms. The van der Waals surface area contributed by atoms with Crippen LogP contribution >= 0.6 is 0 Å². The Labute approximate surface area is 116 Å². The summed E-state index contributed by atoms with van der Waals surface area (Å²) in [6.07, 6.45) is 3.22. The molecule has 1 aliphatic rings. The van der Waals surface area contributed by atoms with Crippen molar-refractivity contribution in [3.05, 3.63) is 0 Å². The molecule has 0 aliphatic carbocycles. The smallest absolute Gasteiger partial charge is 0.213 e. The summed E-state index contributed by atoms with van der Waals surface area (Å²) in [6.45, 7) is 3.55. The number of nitrogens with zero attached hydrogens (tertiary/aromatic N) is 1. The predicted octanol–water partition coefficient (Wildman–Crippen LogP) is -0.374. The van der Waals surface area contributed by atoms with Crippen molar-refractivity contribution in [2.24, 2.45) is 0 Å². The summed E-state index contributed by atoms with van der Waals surface area (Å²) in [5.74, 6) is 0.189. The second kappa shape index (κ2) is 8.86. The van der Waals surface area contributed by atoms with Gasteiger partial charge in [0.25, 0.3) is 0 Å². The van der Waals surface area contributed by atoms with Crippen LogP contribution in [0.15, 0.2) is 0 Å². The van der Waals surface area contributed by atoms with Crippen LogP contribution in [0.25, 0.3) is 0 Å². The molecule has 1 fully saturated rings. The van der Waals surface area contributed by atoms with Gasteiger partial charge in [0, 0.05) is 32.8 Å². The number of nitrogens with one attached hydrogen (secondary N) is 2. The van der Waals surface area contributed by atoms with E-state index in [2.05, 4.69) is 10.0 Å². The molecule has 6 nitrogen and oxygen atoms in total. The highest BCUT2D eigenvalue weighted by Crippen LogP contribution is 2.08. The minimum Gasteiger partial charge on any atom is -0.383 e. The molecule has 1 atom stereocenters.